The van der Waals surface area contributed by atoms with Crippen LogP contribution in [0.25, 0.3) is 0 Å². The van der Waals surface area contributed by atoms with Gasteiger partial charge in [-0.25, -0.2) is 0 Å². The monoisotopic (exact) mass is 238 g/mol. The fourth-order valence-corrected chi connectivity index (χ4v) is 3.62. The van der Waals surface area contributed by atoms with Crippen LogP contribution in [0, 0.1) is 0 Å². The molecule has 0 aromatic carbocycles. The third kappa shape index (κ3) is 3.69. The molecule has 2 fully saturated rings. The first-order chi connectivity index (χ1) is 8.31. The van der Waals surface area contributed by atoms with E-state index in [1.807, 2.05) is 0 Å². The van der Waals surface area contributed by atoms with Crippen molar-refractivity contribution in [2.24, 2.45) is 0 Å². The van der Waals surface area contributed by atoms with Gasteiger partial charge in [0.15, 0.2) is 0 Å². The molecule has 0 bridgehead atoms. The molecule has 1 saturated heterocycles. The zero-order valence-electron chi connectivity index (χ0n) is 11.8. The molecule has 0 aromatic heterocycles. The first-order valence-electron chi connectivity index (χ1n) is 7.80. The third-order valence-corrected chi connectivity index (χ3v) is 4.57. The van der Waals surface area contributed by atoms with E-state index in [4.69, 9.17) is 0 Å². The van der Waals surface area contributed by atoms with Crippen LogP contribution in [0.5, 0.6) is 0 Å². The fraction of sp³-hybridized carbons (Fsp3) is 1.00. The Morgan fingerprint density at radius 1 is 1.12 bits per heavy atom. The number of hydrogen-bond acceptors (Lipinski definition) is 2. The lowest BCUT2D eigenvalue weighted by Crippen LogP contribution is -2.58. The molecule has 0 aromatic rings. The topological polar surface area (TPSA) is 15.3 Å². The molecular formula is C15H30N2. The van der Waals surface area contributed by atoms with Gasteiger partial charge in [-0.05, 0) is 26.2 Å². The second-order valence-electron chi connectivity index (χ2n) is 6.09. The molecule has 100 valence electrons. The van der Waals surface area contributed by atoms with Gasteiger partial charge in [0.25, 0.3) is 0 Å². The van der Waals surface area contributed by atoms with Crippen molar-refractivity contribution in [3.8, 4) is 0 Å². The van der Waals surface area contributed by atoms with Crippen LogP contribution in [-0.2, 0) is 0 Å². The molecule has 0 radical (unpaired) electrons. The summed E-state index contributed by atoms with van der Waals surface area (Å²) in [5, 5.41) is 3.66. The molecular weight excluding hydrogens is 208 g/mol. The maximum Gasteiger partial charge on any atom is 0.0224 e. The number of hydrogen-bond donors (Lipinski definition) is 1. The largest absolute Gasteiger partial charge is 0.311 e. The molecule has 2 heteroatoms. The normalized spacial score (nSPS) is 33.5. The first-order valence-corrected chi connectivity index (χ1v) is 7.80. The van der Waals surface area contributed by atoms with E-state index < -0.39 is 0 Å². The summed E-state index contributed by atoms with van der Waals surface area (Å²) in [5.74, 6) is 0. The van der Waals surface area contributed by atoms with E-state index in [-0.39, 0.29) is 0 Å². The van der Waals surface area contributed by atoms with E-state index in [2.05, 4.69) is 24.1 Å². The summed E-state index contributed by atoms with van der Waals surface area (Å²) < 4.78 is 0. The fourth-order valence-electron chi connectivity index (χ4n) is 3.62. The minimum absolute atomic E-state index is 0.686. The molecule has 1 N–H and O–H groups in total. The van der Waals surface area contributed by atoms with Gasteiger partial charge in [0.05, 0.1) is 0 Å². The molecule has 0 spiro atoms. The molecule has 2 unspecified atom stereocenters. The Bertz CT molecular complexity index is 209. The Labute approximate surface area is 107 Å². The van der Waals surface area contributed by atoms with Gasteiger partial charge in [-0.2, -0.15) is 0 Å². The molecule has 17 heavy (non-hydrogen) atoms. The van der Waals surface area contributed by atoms with Crippen molar-refractivity contribution in [3.63, 3.8) is 0 Å². The van der Waals surface area contributed by atoms with Crippen LogP contribution in [0.4, 0.5) is 0 Å². The predicted molar refractivity (Wildman–Crippen MR) is 74.4 cm³/mol. The summed E-state index contributed by atoms with van der Waals surface area (Å²) in [6, 6.07) is 2.38. The van der Waals surface area contributed by atoms with Gasteiger partial charge >= 0.3 is 0 Å². The van der Waals surface area contributed by atoms with Crippen molar-refractivity contribution in [2.45, 2.75) is 83.3 Å². The summed E-state index contributed by atoms with van der Waals surface area (Å²) >= 11 is 0. The molecule has 2 rings (SSSR count). The highest BCUT2D eigenvalue weighted by Crippen LogP contribution is 2.26. The van der Waals surface area contributed by atoms with Gasteiger partial charge in [-0.15, -0.1) is 0 Å². The Morgan fingerprint density at radius 3 is 2.47 bits per heavy atom. The molecule has 2 atom stereocenters. The van der Waals surface area contributed by atoms with Crippen molar-refractivity contribution in [1.82, 2.24) is 10.2 Å². The van der Waals surface area contributed by atoms with Gasteiger partial charge < -0.3 is 5.32 Å². The van der Waals surface area contributed by atoms with E-state index in [9.17, 15) is 0 Å². The SMILES string of the molecule is CCCC1CNC(C)CN1C1CCCCCC1. The number of nitrogens with zero attached hydrogens (tertiary/aromatic N) is 1. The minimum Gasteiger partial charge on any atom is -0.311 e. The Hall–Kier alpha value is -0.0800. The summed E-state index contributed by atoms with van der Waals surface area (Å²) in [6.07, 6.45) is 11.5. The molecule has 2 nitrogen and oxygen atoms in total. The maximum absolute atomic E-state index is 3.66. The van der Waals surface area contributed by atoms with Gasteiger partial charge in [0.1, 0.15) is 0 Å². The molecule has 1 aliphatic carbocycles. The van der Waals surface area contributed by atoms with Crippen molar-refractivity contribution < 1.29 is 0 Å². The average Bonchev–Trinajstić information content (AvgIpc) is 2.60. The van der Waals surface area contributed by atoms with Gasteiger partial charge in [-0.3, -0.25) is 4.90 Å². The smallest absolute Gasteiger partial charge is 0.0224 e. The van der Waals surface area contributed by atoms with E-state index in [1.165, 1.54) is 64.5 Å². The maximum atomic E-state index is 3.66. The van der Waals surface area contributed by atoms with Crippen LogP contribution in [0.15, 0.2) is 0 Å². The van der Waals surface area contributed by atoms with Gasteiger partial charge in [-0.1, -0.05) is 39.0 Å². The standard InChI is InChI=1S/C15H30N2/c1-3-8-15-11-16-13(2)12-17(15)14-9-6-4-5-7-10-14/h13-16H,3-12H2,1-2H3. The first kappa shape index (κ1) is 13.4. The minimum atomic E-state index is 0.686. The summed E-state index contributed by atoms with van der Waals surface area (Å²) in [6.45, 7) is 7.15. The van der Waals surface area contributed by atoms with Crippen LogP contribution in [0.1, 0.15) is 65.2 Å². The third-order valence-electron chi connectivity index (χ3n) is 4.57. The summed E-state index contributed by atoms with van der Waals surface area (Å²) in [7, 11) is 0. The molecule has 1 heterocycles. The van der Waals surface area contributed by atoms with Crippen LogP contribution in [0.3, 0.4) is 0 Å². The van der Waals surface area contributed by atoms with Crippen LogP contribution < -0.4 is 5.32 Å². The van der Waals surface area contributed by atoms with Crippen molar-refractivity contribution in [1.29, 1.82) is 0 Å². The lowest BCUT2D eigenvalue weighted by molar-refractivity contribution is 0.0714. The highest BCUT2D eigenvalue weighted by molar-refractivity contribution is 4.88. The molecule has 2 aliphatic rings. The van der Waals surface area contributed by atoms with Crippen LogP contribution in [0.2, 0.25) is 0 Å². The second kappa shape index (κ2) is 6.75. The lowest BCUT2D eigenvalue weighted by Gasteiger charge is -2.44. The Kier molecular flexibility index (Phi) is 5.30. The van der Waals surface area contributed by atoms with Crippen molar-refractivity contribution >= 4 is 0 Å². The molecule has 0 amide bonds. The highest BCUT2D eigenvalue weighted by atomic mass is 15.3. The summed E-state index contributed by atoms with van der Waals surface area (Å²) in [4.78, 5) is 2.86. The zero-order valence-corrected chi connectivity index (χ0v) is 11.8. The van der Waals surface area contributed by atoms with Gasteiger partial charge in [0, 0.05) is 31.2 Å². The highest BCUT2D eigenvalue weighted by Gasteiger charge is 2.30. The Morgan fingerprint density at radius 2 is 1.82 bits per heavy atom. The number of nitrogens with one attached hydrogen (secondary N) is 1. The lowest BCUT2D eigenvalue weighted by atomic mass is 9.98. The van der Waals surface area contributed by atoms with Crippen LogP contribution in [-0.4, -0.2) is 36.1 Å². The number of rotatable bonds is 3. The predicted octanol–water partition coefficient (Wildman–Crippen LogP) is 3.17. The molecule has 1 saturated carbocycles. The van der Waals surface area contributed by atoms with Gasteiger partial charge in [0.2, 0.25) is 0 Å². The van der Waals surface area contributed by atoms with Crippen molar-refractivity contribution in [2.75, 3.05) is 13.1 Å². The van der Waals surface area contributed by atoms with E-state index >= 15 is 0 Å². The van der Waals surface area contributed by atoms with Crippen molar-refractivity contribution in [3.05, 3.63) is 0 Å². The van der Waals surface area contributed by atoms with E-state index in [0.717, 1.165) is 12.1 Å². The zero-order chi connectivity index (χ0) is 12.1. The van der Waals surface area contributed by atoms with E-state index in [0.29, 0.717) is 6.04 Å². The second-order valence-corrected chi connectivity index (χ2v) is 6.09. The molecule has 1 aliphatic heterocycles. The van der Waals surface area contributed by atoms with Crippen LogP contribution >= 0.6 is 0 Å². The Balaban J connectivity index is 1.96. The average molecular weight is 238 g/mol. The quantitative estimate of drug-likeness (QED) is 0.760. The van der Waals surface area contributed by atoms with E-state index in [1.54, 1.807) is 0 Å². The summed E-state index contributed by atoms with van der Waals surface area (Å²) in [5.41, 5.74) is 0. The number of piperazine rings is 1.